The Balaban J connectivity index is 2.76. The first-order valence-electron chi connectivity index (χ1n) is 5.68. The van der Waals surface area contributed by atoms with Gasteiger partial charge >= 0.3 is 6.16 Å². The van der Waals surface area contributed by atoms with Crippen LogP contribution in [0.2, 0.25) is 0 Å². The van der Waals surface area contributed by atoms with E-state index in [2.05, 4.69) is 21.6 Å². The summed E-state index contributed by atoms with van der Waals surface area (Å²) in [7, 11) is 1.28. The Morgan fingerprint density at radius 1 is 1.47 bits per heavy atom. The van der Waals surface area contributed by atoms with E-state index in [1.165, 1.54) is 18.9 Å². The Hall–Kier alpha value is -1.17. The molecule has 1 rings (SSSR count). The van der Waals surface area contributed by atoms with Crippen LogP contribution in [0.25, 0.3) is 0 Å². The predicted molar refractivity (Wildman–Crippen MR) is 66.6 cm³/mol. The summed E-state index contributed by atoms with van der Waals surface area (Å²) in [5.74, 6) is 2.10. The molecule has 0 amide bonds. The second-order valence-electron chi connectivity index (χ2n) is 3.41. The van der Waals surface area contributed by atoms with Crippen LogP contribution in [-0.4, -0.2) is 29.0 Å². The number of carbonyl (C=O) groups is 1. The summed E-state index contributed by atoms with van der Waals surface area (Å²) in [6, 6.07) is 0. The number of imidazole rings is 1. The van der Waals surface area contributed by atoms with E-state index in [0.717, 1.165) is 30.8 Å². The second kappa shape index (κ2) is 7.21. The van der Waals surface area contributed by atoms with Gasteiger partial charge in [0.2, 0.25) is 5.88 Å². The molecular formula is C11H18N2O3S. The SMILES string of the molecule is CCCCc1nc(SCC)c(OC(=O)OC)[nH]1. The molecule has 6 heteroatoms. The van der Waals surface area contributed by atoms with Crippen LogP contribution in [0.15, 0.2) is 5.03 Å². The number of hydrogen-bond donors (Lipinski definition) is 1. The average molecular weight is 258 g/mol. The van der Waals surface area contributed by atoms with Crippen molar-refractivity contribution in [1.29, 1.82) is 0 Å². The van der Waals surface area contributed by atoms with Crippen molar-refractivity contribution in [1.82, 2.24) is 9.97 Å². The normalized spacial score (nSPS) is 10.3. The first-order chi connectivity index (χ1) is 8.21. The molecule has 0 saturated heterocycles. The standard InChI is InChI=1S/C11H18N2O3S/c1-4-6-7-8-12-9(16-11(14)15-3)10(13-8)17-5-2/h4-7H2,1-3H3,(H,12,13). The van der Waals surface area contributed by atoms with Crippen LogP contribution in [0.4, 0.5) is 4.79 Å². The van der Waals surface area contributed by atoms with Gasteiger partial charge in [0, 0.05) is 6.42 Å². The van der Waals surface area contributed by atoms with Crippen molar-refractivity contribution in [3.05, 3.63) is 5.82 Å². The lowest BCUT2D eigenvalue weighted by atomic mass is 10.2. The van der Waals surface area contributed by atoms with Gasteiger partial charge in [-0.3, -0.25) is 0 Å². The van der Waals surface area contributed by atoms with E-state index < -0.39 is 6.16 Å². The lowest BCUT2D eigenvalue weighted by Crippen LogP contribution is -2.08. The van der Waals surface area contributed by atoms with Gasteiger partial charge in [0.15, 0.2) is 5.03 Å². The van der Waals surface area contributed by atoms with E-state index in [1.54, 1.807) is 0 Å². The average Bonchev–Trinajstić information content (AvgIpc) is 2.69. The van der Waals surface area contributed by atoms with Gasteiger partial charge in [0.05, 0.1) is 7.11 Å². The van der Waals surface area contributed by atoms with Crippen molar-refractivity contribution in [2.75, 3.05) is 12.9 Å². The molecular weight excluding hydrogens is 240 g/mol. The predicted octanol–water partition coefficient (Wildman–Crippen LogP) is 3.01. The lowest BCUT2D eigenvalue weighted by Gasteiger charge is -2.00. The van der Waals surface area contributed by atoms with Crippen LogP contribution in [0, 0.1) is 0 Å². The maximum atomic E-state index is 11.1. The molecule has 0 saturated carbocycles. The minimum Gasteiger partial charge on any atom is -0.437 e. The third-order valence-electron chi connectivity index (χ3n) is 2.09. The molecule has 5 nitrogen and oxygen atoms in total. The Morgan fingerprint density at radius 3 is 2.82 bits per heavy atom. The number of nitrogens with zero attached hydrogens (tertiary/aromatic N) is 1. The molecule has 0 aromatic carbocycles. The topological polar surface area (TPSA) is 64.2 Å². The summed E-state index contributed by atoms with van der Waals surface area (Å²) in [5.41, 5.74) is 0. The number of H-pyrrole nitrogens is 1. The lowest BCUT2D eigenvalue weighted by molar-refractivity contribution is 0.118. The summed E-state index contributed by atoms with van der Waals surface area (Å²) in [6.07, 6.45) is 2.29. The molecule has 0 bridgehead atoms. The van der Waals surface area contributed by atoms with Gasteiger partial charge in [-0.15, -0.1) is 11.8 Å². The molecule has 17 heavy (non-hydrogen) atoms. The Morgan fingerprint density at radius 2 is 2.24 bits per heavy atom. The second-order valence-corrected chi connectivity index (χ2v) is 4.66. The highest BCUT2D eigenvalue weighted by Gasteiger charge is 2.15. The molecule has 96 valence electrons. The van der Waals surface area contributed by atoms with E-state index >= 15 is 0 Å². The summed E-state index contributed by atoms with van der Waals surface area (Å²) in [6.45, 7) is 4.14. The van der Waals surface area contributed by atoms with Gasteiger partial charge in [0.25, 0.3) is 0 Å². The van der Waals surface area contributed by atoms with Gasteiger partial charge in [-0.25, -0.2) is 9.78 Å². The van der Waals surface area contributed by atoms with Crippen molar-refractivity contribution in [3.8, 4) is 5.88 Å². The fourth-order valence-electron chi connectivity index (χ4n) is 1.28. The molecule has 0 atom stereocenters. The van der Waals surface area contributed by atoms with Gasteiger partial charge in [-0.05, 0) is 12.2 Å². The highest BCUT2D eigenvalue weighted by molar-refractivity contribution is 7.99. The smallest absolute Gasteiger partial charge is 0.437 e. The molecule has 0 fully saturated rings. The molecule has 1 aromatic heterocycles. The van der Waals surface area contributed by atoms with E-state index in [1.807, 2.05) is 6.92 Å². The highest BCUT2D eigenvalue weighted by Crippen LogP contribution is 2.27. The fourth-order valence-corrected chi connectivity index (χ4v) is 1.95. The first-order valence-corrected chi connectivity index (χ1v) is 6.67. The number of unbranched alkanes of at least 4 members (excludes halogenated alkanes) is 1. The Labute approximate surface area is 105 Å². The number of aromatic nitrogens is 2. The summed E-state index contributed by atoms with van der Waals surface area (Å²) in [4.78, 5) is 18.5. The summed E-state index contributed by atoms with van der Waals surface area (Å²) < 4.78 is 9.47. The number of hydrogen-bond acceptors (Lipinski definition) is 5. The monoisotopic (exact) mass is 258 g/mol. The third kappa shape index (κ3) is 4.30. The Bertz CT molecular complexity index is 366. The Kier molecular flexibility index (Phi) is 5.90. The molecule has 0 unspecified atom stereocenters. The van der Waals surface area contributed by atoms with Crippen LogP contribution in [0.5, 0.6) is 5.88 Å². The number of rotatable bonds is 6. The zero-order valence-electron chi connectivity index (χ0n) is 10.4. The summed E-state index contributed by atoms with van der Waals surface area (Å²) >= 11 is 1.53. The quantitative estimate of drug-likeness (QED) is 0.627. The number of methoxy groups -OCH3 is 1. The zero-order chi connectivity index (χ0) is 12.7. The number of aromatic amines is 1. The minimum atomic E-state index is -0.728. The van der Waals surface area contributed by atoms with Crippen LogP contribution in [-0.2, 0) is 11.2 Å². The molecule has 1 heterocycles. The van der Waals surface area contributed by atoms with Crippen molar-refractivity contribution < 1.29 is 14.3 Å². The number of thioether (sulfide) groups is 1. The zero-order valence-corrected chi connectivity index (χ0v) is 11.2. The van der Waals surface area contributed by atoms with E-state index in [9.17, 15) is 4.79 Å². The van der Waals surface area contributed by atoms with Gasteiger partial charge in [-0.1, -0.05) is 20.3 Å². The van der Waals surface area contributed by atoms with E-state index in [0.29, 0.717) is 10.9 Å². The van der Waals surface area contributed by atoms with Gasteiger partial charge in [0.1, 0.15) is 5.82 Å². The van der Waals surface area contributed by atoms with Gasteiger partial charge in [-0.2, -0.15) is 0 Å². The maximum Gasteiger partial charge on any atom is 0.514 e. The van der Waals surface area contributed by atoms with Crippen molar-refractivity contribution >= 4 is 17.9 Å². The fraction of sp³-hybridized carbons (Fsp3) is 0.636. The number of aryl methyl sites for hydroxylation is 1. The molecule has 0 aliphatic rings. The van der Waals surface area contributed by atoms with Crippen LogP contribution < -0.4 is 4.74 Å². The molecule has 0 aliphatic heterocycles. The molecule has 1 aromatic rings. The highest BCUT2D eigenvalue weighted by atomic mass is 32.2. The van der Waals surface area contributed by atoms with E-state index in [-0.39, 0.29) is 0 Å². The van der Waals surface area contributed by atoms with Gasteiger partial charge < -0.3 is 14.5 Å². The van der Waals surface area contributed by atoms with Crippen molar-refractivity contribution in [3.63, 3.8) is 0 Å². The minimum absolute atomic E-state index is 0.384. The van der Waals surface area contributed by atoms with Crippen molar-refractivity contribution in [2.45, 2.75) is 38.1 Å². The van der Waals surface area contributed by atoms with Crippen molar-refractivity contribution in [2.24, 2.45) is 0 Å². The van der Waals surface area contributed by atoms with Crippen LogP contribution in [0.1, 0.15) is 32.5 Å². The maximum absolute atomic E-state index is 11.1. The largest absolute Gasteiger partial charge is 0.514 e. The summed E-state index contributed by atoms with van der Waals surface area (Å²) in [5, 5.41) is 0.712. The molecule has 1 N–H and O–H groups in total. The molecule has 0 aliphatic carbocycles. The first kappa shape index (κ1) is 13.9. The van der Waals surface area contributed by atoms with E-state index in [4.69, 9.17) is 4.74 Å². The number of carbonyl (C=O) groups excluding carboxylic acids is 1. The molecule has 0 radical (unpaired) electrons. The number of ether oxygens (including phenoxy) is 2. The van der Waals surface area contributed by atoms with Crippen LogP contribution in [0.3, 0.4) is 0 Å². The number of nitrogens with one attached hydrogen (secondary N) is 1. The van der Waals surface area contributed by atoms with Crippen LogP contribution >= 0.6 is 11.8 Å². The molecule has 0 spiro atoms. The third-order valence-corrected chi connectivity index (χ3v) is 2.93.